The maximum atomic E-state index is 13.5. The zero-order valence-electron chi connectivity index (χ0n) is 26.5. The molecule has 0 atom stereocenters. The number of amides is 1. The molecule has 0 bridgehead atoms. The summed E-state index contributed by atoms with van der Waals surface area (Å²) >= 11 is 11.9. The van der Waals surface area contributed by atoms with Crippen molar-refractivity contribution in [3.63, 3.8) is 0 Å². The molecule has 262 valence electrons. The van der Waals surface area contributed by atoms with Gasteiger partial charge in [0.05, 0.1) is 22.4 Å². The predicted molar refractivity (Wildman–Crippen MR) is 184 cm³/mol. The number of hydrogen-bond acceptors (Lipinski definition) is 7. The van der Waals surface area contributed by atoms with Crippen molar-refractivity contribution in [2.75, 3.05) is 37.5 Å². The lowest BCUT2D eigenvalue weighted by atomic mass is 10.2. The van der Waals surface area contributed by atoms with Crippen molar-refractivity contribution >= 4 is 55.7 Å². The number of halogens is 5. The Bertz CT molecular complexity index is 2120. The molecular formula is C34H30Cl2F3N5O5S. The van der Waals surface area contributed by atoms with Crippen molar-refractivity contribution in [1.82, 2.24) is 19.4 Å². The summed E-state index contributed by atoms with van der Waals surface area (Å²) in [6, 6.07) is 20.9. The summed E-state index contributed by atoms with van der Waals surface area (Å²) in [6.07, 6.45) is -3.07. The number of benzene rings is 3. The van der Waals surface area contributed by atoms with Gasteiger partial charge in [0.1, 0.15) is 22.1 Å². The Labute approximate surface area is 296 Å². The van der Waals surface area contributed by atoms with E-state index in [1.807, 2.05) is 23.7 Å². The van der Waals surface area contributed by atoms with Gasteiger partial charge in [-0.1, -0.05) is 35.3 Å². The van der Waals surface area contributed by atoms with E-state index in [9.17, 15) is 26.4 Å². The minimum Gasteiger partial charge on any atom is -0.484 e. The number of fused-ring (bicyclic) bond motifs is 1. The predicted octanol–water partition coefficient (Wildman–Crippen LogP) is 7.37. The minimum absolute atomic E-state index is 0.0117. The van der Waals surface area contributed by atoms with E-state index in [4.69, 9.17) is 32.7 Å². The van der Waals surface area contributed by atoms with Gasteiger partial charge in [0.25, 0.3) is 15.9 Å². The lowest BCUT2D eigenvalue weighted by Crippen LogP contribution is -2.48. The Morgan fingerprint density at radius 1 is 0.920 bits per heavy atom. The number of carbonyl (C=O) groups is 1. The maximum absolute atomic E-state index is 13.5. The minimum atomic E-state index is -4.39. The molecule has 1 aliphatic rings. The van der Waals surface area contributed by atoms with Gasteiger partial charge >= 0.3 is 6.18 Å². The van der Waals surface area contributed by atoms with Crippen LogP contribution < -0.4 is 14.2 Å². The second-order valence-corrected chi connectivity index (χ2v) is 14.1. The van der Waals surface area contributed by atoms with Crippen LogP contribution in [0.4, 0.5) is 18.9 Å². The first-order valence-electron chi connectivity index (χ1n) is 15.3. The molecule has 1 fully saturated rings. The summed E-state index contributed by atoms with van der Waals surface area (Å²) < 4.78 is 77.7. The van der Waals surface area contributed by atoms with Gasteiger partial charge in [-0.25, -0.2) is 13.4 Å². The molecule has 0 aliphatic carbocycles. The molecule has 2 aromatic heterocycles. The highest BCUT2D eigenvalue weighted by molar-refractivity contribution is 7.92. The number of aryl methyl sites for hydroxylation is 1. The molecule has 0 saturated carbocycles. The van der Waals surface area contributed by atoms with E-state index < -0.39 is 22.8 Å². The van der Waals surface area contributed by atoms with Crippen molar-refractivity contribution < 1.29 is 35.9 Å². The lowest BCUT2D eigenvalue weighted by Gasteiger charge is -2.34. The van der Waals surface area contributed by atoms with Crippen LogP contribution in [-0.4, -0.2) is 72.6 Å². The number of alkyl halides is 3. The van der Waals surface area contributed by atoms with E-state index in [1.165, 1.54) is 48.7 Å². The van der Waals surface area contributed by atoms with Gasteiger partial charge in [-0.3, -0.25) is 14.4 Å². The van der Waals surface area contributed by atoms with Gasteiger partial charge in [0.2, 0.25) is 5.88 Å². The Balaban J connectivity index is 1.04. The average Bonchev–Trinajstić information content (AvgIpc) is 3.40. The first-order valence-corrected chi connectivity index (χ1v) is 17.5. The van der Waals surface area contributed by atoms with Crippen LogP contribution in [0.5, 0.6) is 17.4 Å². The number of hydrogen-bond donors (Lipinski definition) is 1. The number of nitrogens with one attached hydrogen (secondary N) is 1. The van der Waals surface area contributed by atoms with E-state index in [0.29, 0.717) is 49.2 Å². The van der Waals surface area contributed by atoms with Crippen LogP contribution in [-0.2, 0) is 23.6 Å². The van der Waals surface area contributed by atoms with E-state index in [2.05, 4.69) is 14.6 Å². The standard InChI is InChI=1S/C34H30Cl2F3N5O5S/c1-42-29-18-27(49-32-11-6-25(19-40-32)41-50(46,47)31-10-5-24(35)17-28(31)36)9-4-23(29)16-30(42)33(45)44-14-12-43(13-15-44)20-22-2-7-26(8-3-22)48-21-34(37,38)39/h2-11,16-19,41H,12-15,20-21H2,1H3. The number of nitrogens with zero attached hydrogens (tertiary/aromatic N) is 4. The molecule has 0 radical (unpaired) electrons. The van der Waals surface area contributed by atoms with Crippen LogP contribution in [0.3, 0.4) is 0 Å². The van der Waals surface area contributed by atoms with Crippen LogP contribution in [0, 0.1) is 0 Å². The molecule has 6 rings (SSSR count). The number of carbonyl (C=O) groups excluding carboxylic acids is 1. The summed E-state index contributed by atoms with van der Waals surface area (Å²) in [5.74, 6) is 0.758. The van der Waals surface area contributed by atoms with Crippen molar-refractivity contribution in [2.24, 2.45) is 7.05 Å². The summed E-state index contributed by atoms with van der Waals surface area (Å²) in [5.41, 5.74) is 2.44. The Morgan fingerprint density at radius 3 is 2.30 bits per heavy atom. The highest BCUT2D eigenvalue weighted by Gasteiger charge is 2.28. The van der Waals surface area contributed by atoms with Crippen molar-refractivity contribution in [1.29, 1.82) is 0 Å². The van der Waals surface area contributed by atoms with Gasteiger partial charge in [-0.15, -0.1) is 0 Å². The highest BCUT2D eigenvalue weighted by Crippen LogP contribution is 2.30. The molecule has 0 spiro atoms. The number of rotatable bonds is 10. The monoisotopic (exact) mass is 747 g/mol. The molecule has 50 heavy (non-hydrogen) atoms. The van der Waals surface area contributed by atoms with E-state index >= 15 is 0 Å². The molecule has 16 heteroatoms. The zero-order chi connectivity index (χ0) is 35.6. The number of sulfonamides is 1. The molecule has 0 unspecified atom stereocenters. The third-order valence-corrected chi connectivity index (χ3v) is 10.1. The molecular weight excluding hydrogens is 718 g/mol. The molecule has 3 aromatic carbocycles. The molecule has 1 amide bonds. The van der Waals surface area contributed by atoms with Crippen LogP contribution in [0.15, 0.2) is 90.0 Å². The van der Waals surface area contributed by atoms with Crippen LogP contribution >= 0.6 is 23.2 Å². The van der Waals surface area contributed by atoms with Crippen molar-refractivity contribution in [2.45, 2.75) is 17.6 Å². The molecule has 1 N–H and O–H groups in total. The smallest absolute Gasteiger partial charge is 0.422 e. The van der Waals surface area contributed by atoms with E-state index in [-0.39, 0.29) is 33.1 Å². The molecule has 5 aromatic rings. The Kier molecular flexibility index (Phi) is 10.2. The SMILES string of the molecule is Cn1c(C(=O)N2CCN(Cc3ccc(OCC(F)(F)F)cc3)CC2)cc2ccc(Oc3ccc(NS(=O)(=O)c4ccc(Cl)cc4Cl)cn3)cc21. The lowest BCUT2D eigenvalue weighted by molar-refractivity contribution is -0.153. The number of ether oxygens (including phenoxy) is 2. The second-order valence-electron chi connectivity index (χ2n) is 11.6. The number of aromatic nitrogens is 2. The number of anilines is 1. The summed E-state index contributed by atoms with van der Waals surface area (Å²) in [6.45, 7) is 1.59. The quantitative estimate of drug-likeness (QED) is 0.159. The number of piperazine rings is 1. The van der Waals surface area contributed by atoms with Gasteiger partial charge in [0.15, 0.2) is 6.61 Å². The highest BCUT2D eigenvalue weighted by atomic mass is 35.5. The number of pyridine rings is 1. The van der Waals surface area contributed by atoms with Crippen LogP contribution in [0.25, 0.3) is 10.9 Å². The van der Waals surface area contributed by atoms with Gasteiger partial charge < -0.3 is 18.9 Å². The fraction of sp³-hybridized carbons (Fsp3) is 0.235. The largest absolute Gasteiger partial charge is 0.484 e. The van der Waals surface area contributed by atoms with E-state index in [1.54, 1.807) is 29.2 Å². The molecule has 1 saturated heterocycles. The summed E-state index contributed by atoms with van der Waals surface area (Å²) in [4.78, 5) is 21.6. The van der Waals surface area contributed by atoms with Gasteiger partial charge in [-0.05, 0) is 60.2 Å². The third-order valence-electron chi connectivity index (χ3n) is 8.02. The zero-order valence-corrected chi connectivity index (χ0v) is 28.8. The maximum Gasteiger partial charge on any atom is 0.422 e. The average molecular weight is 749 g/mol. The normalized spacial score (nSPS) is 14.2. The van der Waals surface area contributed by atoms with Crippen LogP contribution in [0.1, 0.15) is 16.1 Å². The summed E-state index contributed by atoms with van der Waals surface area (Å²) in [5, 5.41) is 1.15. The molecule has 1 aliphatic heterocycles. The fourth-order valence-corrected chi connectivity index (χ4v) is 7.31. The first-order chi connectivity index (χ1) is 23.7. The Hall–Kier alpha value is -4.50. The van der Waals surface area contributed by atoms with Crippen molar-refractivity contribution in [3.05, 3.63) is 106 Å². The first kappa shape index (κ1) is 35.3. The third kappa shape index (κ3) is 8.44. The van der Waals surface area contributed by atoms with Gasteiger partial charge in [0, 0.05) is 62.3 Å². The summed E-state index contributed by atoms with van der Waals surface area (Å²) in [7, 11) is -2.18. The van der Waals surface area contributed by atoms with Gasteiger partial charge in [-0.2, -0.15) is 13.2 Å². The topological polar surface area (TPSA) is 106 Å². The fourth-order valence-electron chi connectivity index (χ4n) is 5.49. The molecule has 10 nitrogen and oxygen atoms in total. The van der Waals surface area contributed by atoms with E-state index in [0.717, 1.165) is 16.5 Å². The second kappa shape index (κ2) is 14.4. The molecule has 3 heterocycles. The van der Waals surface area contributed by atoms with Crippen molar-refractivity contribution in [3.8, 4) is 17.4 Å². The van der Waals surface area contributed by atoms with Crippen LogP contribution in [0.2, 0.25) is 10.0 Å². The Morgan fingerprint density at radius 2 is 1.64 bits per heavy atom.